The molecule has 0 amide bonds. The van der Waals surface area contributed by atoms with E-state index in [9.17, 15) is 0 Å². The van der Waals surface area contributed by atoms with Crippen molar-refractivity contribution in [2.45, 2.75) is 0 Å². The summed E-state index contributed by atoms with van der Waals surface area (Å²) in [5, 5.41) is 5.81. The van der Waals surface area contributed by atoms with Crippen LogP contribution in [0.5, 0.6) is 0 Å². The van der Waals surface area contributed by atoms with Gasteiger partial charge in [0.2, 0.25) is 0 Å². The summed E-state index contributed by atoms with van der Waals surface area (Å²) in [5.41, 5.74) is 12.6. The third kappa shape index (κ3) is 6.08. The molecule has 0 radical (unpaired) electrons. The number of anilines is 3. The fourth-order valence-electron chi connectivity index (χ4n) is 7.76. The van der Waals surface area contributed by atoms with Gasteiger partial charge in [-0.05, 0) is 76.5 Å². The first-order chi connectivity index (χ1) is 27.3. The predicted octanol–water partition coefficient (Wildman–Crippen LogP) is 14.1. The van der Waals surface area contributed by atoms with E-state index in [1.54, 1.807) is 0 Å². The van der Waals surface area contributed by atoms with Crippen LogP contribution in [0.4, 0.5) is 17.1 Å². The molecule has 8 aromatic carbocycles. The predicted molar refractivity (Wildman–Crippen MR) is 231 cm³/mol. The number of para-hydroxylation sites is 2. The molecule has 3 heteroatoms. The average molecular weight is 702 g/mol. The molecule has 0 saturated heterocycles. The van der Waals surface area contributed by atoms with Crippen LogP contribution in [0.1, 0.15) is 0 Å². The maximum absolute atomic E-state index is 5.45. The van der Waals surface area contributed by atoms with Crippen LogP contribution in [0.3, 0.4) is 0 Å². The number of fused-ring (bicyclic) bond motifs is 5. The standard InChI is InChI=1S/C52H35N3/c1-6-16-37(17-7-1)48-33-41(34-49(53-48)38-18-8-2-9-19-38)40-27-26-36-28-30-46-51(47(36)32-40)45-31-29-44(35-50(45)54-52(46)39-20-10-3-11-21-39)55(42-22-12-4-13-23-42)43-24-14-5-15-25-43/h1-35H. The molecule has 0 aliphatic carbocycles. The zero-order valence-corrected chi connectivity index (χ0v) is 30.0. The SMILES string of the molecule is c1ccc(-c2cc(-c3ccc4ccc5c(-c6ccccc6)nc6cc(N(c7ccccc7)c7ccccc7)ccc6c5c4c3)cc(-c3ccccc3)n2)cc1. The molecule has 55 heavy (non-hydrogen) atoms. The highest BCUT2D eigenvalue weighted by molar-refractivity contribution is 6.23. The van der Waals surface area contributed by atoms with E-state index >= 15 is 0 Å². The van der Waals surface area contributed by atoms with E-state index in [1.807, 2.05) is 12.1 Å². The normalized spacial score (nSPS) is 11.3. The number of benzene rings is 8. The van der Waals surface area contributed by atoms with Crippen LogP contribution in [0, 0.1) is 0 Å². The van der Waals surface area contributed by atoms with Crippen molar-refractivity contribution in [2.24, 2.45) is 0 Å². The Bertz CT molecular complexity index is 2850. The third-order valence-corrected chi connectivity index (χ3v) is 10.4. The molecule has 0 fully saturated rings. The molecule has 0 saturated carbocycles. The van der Waals surface area contributed by atoms with E-state index in [0.717, 1.165) is 78.3 Å². The Hall–Kier alpha value is -7.36. The van der Waals surface area contributed by atoms with Gasteiger partial charge in [-0.3, -0.25) is 0 Å². The van der Waals surface area contributed by atoms with Gasteiger partial charge in [0.15, 0.2) is 0 Å². The topological polar surface area (TPSA) is 29.0 Å². The molecule has 2 heterocycles. The summed E-state index contributed by atoms with van der Waals surface area (Å²) in [4.78, 5) is 12.9. The van der Waals surface area contributed by atoms with E-state index in [1.165, 1.54) is 16.2 Å². The van der Waals surface area contributed by atoms with Crippen LogP contribution in [-0.4, -0.2) is 9.97 Å². The highest BCUT2D eigenvalue weighted by Crippen LogP contribution is 2.42. The molecule has 3 nitrogen and oxygen atoms in total. The Balaban J connectivity index is 1.22. The Morgan fingerprint density at radius 3 is 1.40 bits per heavy atom. The van der Waals surface area contributed by atoms with Crippen LogP contribution in [0.15, 0.2) is 212 Å². The van der Waals surface area contributed by atoms with Crippen molar-refractivity contribution in [2.75, 3.05) is 4.90 Å². The van der Waals surface area contributed by atoms with Crippen LogP contribution < -0.4 is 4.90 Å². The van der Waals surface area contributed by atoms with E-state index in [-0.39, 0.29) is 0 Å². The summed E-state index contributed by atoms with van der Waals surface area (Å²) < 4.78 is 0. The summed E-state index contributed by atoms with van der Waals surface area (Å²) in [6, 6.07) is 75.0. The van der Waals surface area contributed by atoms with Gasteiger partial charge in [-0.2, -0.15) is 0 Å². The average Bonchev–Trinajstić information content (AvgIpc) is 3.27. The van der Waals surface area contributed by atoms with Crippen LogP contribution >= 0.6 is 0 Å². The molecular formula is C52H35N3. The van der Waals surface area contributed by atoms with Gasteiger partial charge in [0, 0.05) is 49.9 Å². The smallest absolute Gasteiger partial charge is 0.0788 e. The molecule has 0 spiro atoms. The largest absolute Gasteiger partial charge is 0.310 e. The molecular weight excluding hydrogens is 667 g/mol. The molecule has 10 rings (SSSR count). The number of rotatable bonds is 7. The first-order valence-corrected chi connectivity index (χ1v) is 18.7. The lowest BCUT2D eigenvalue weighted by atomic mass is 9.92. The second-order valence-corrected chi connectivity index (χ2v) is 13.8. The van der Waals surface area contributed by atoms with E-state index in [2.05, 4.69) is 205 Å². The Kier molecular flexibility index (Phi) is 8.16. The highest BCUT2D eigenvalue weighted by Gasteiger charge is 2.18. The maximum Gasteiger partial charge on any atom is 0.0788 e. The Morgan fingerprint density at radius 2 is 0.818 bits per heavy atom. The van der Waals surface area contributed by atoms with Gasteiger partial charge in [0.1, 0.15) is 0 Å². The zero-order valence-electron chi connectivity index (χ0n) is 30.0. The van der Waals surface area contributed by atoms with Crippen molar-refractivity contribution in [1.82, 2.24) is 9.97 Å². The van der Waals surface area contributed by atoms with Crippen molar-refractivity contribution in [3.63, 3.8) is 0 Å². The number of pyridine rings is 2. The summed E-state index contributed by atoms with van der Waals surface area (Å²) in [5.74, 6) is 0. The summed E-state index contributed by atoms with van der Waals surface area (Å²) >= 11 is 0. The second-order valence-electron chi connectivity index (χ2n) is 13.8. The highest BCUT2D eigenvalue weighted by atomic mass is 15.1. The molecule has 0 bridgehead atoms. The van der Waals surface area contributed by atoms with E-state index in [0.29, 0.717) is 0 Å². The van der Waals surface area contributed by atoms with E-state index in [4.69, 9.17) is 9.97 Å². The lowest BCUT2D eigenvalue weighted by Gasteiger charge is -2.26. The number of nitrogens with zero attached hydrogens (tertiary/aromatic N) is 3. The van der Waals surface area contributed by atoms with Crippen molar-refractivity contribution in [1.29, 1.82) is 0 Å². The minimum Gasteiger partial charge on any atom is -0.310 e. The molecule has 0 aliphatic rings. The van der Waals surface area contributed by atoms with Gasteiger partial charge >= 0.3 is 0 Å². The Morgan fingerprint density at radius 1 is 0.309 bits per heavy atom. The Labute approximate surface area is 320 Å². The number of hydrogen-bond acceptors (Lipinski definition) is 3. The third-order valence-electron chi connectivity index (χ3n) is 10.4. The lowest BCUT2D eigenvalue weighted by Crippen LogP contribution is -2.09. The number of aromatic nitrogens is 2. The molecule has 2 aromatic heterocycles. The van der Waals surface area contributed by atoms with Crippen molar-refractivity contribution < 1.29 is 0 Å². The van der Waals surface area contributed by atoms with Crippen LogP contribution in [-0.2, 0) is 0 Å². The fourth-order valence-corrected chi connectivity index (χ4v) is 7.76. The van der Waals surface area contributed by atoms with Gasteiger partial charge in [-0.15, -0.1) is 0 Å². The number of hydrogen-bond donors (Lipinski definition) is 0. The quantitative estimate of drug-likeness (QED) is 0.155. The first-order valence-electron chi connectivity index (χ1n) is 18.7. The van der Waals surface area contributed by atoms with Gasteiger partial charge < -0.3 is 4.90 Å². The summed E-state index contributed by atoms with van der Waals surface area (Å²) in [6.45, 7) is 0. The minimum atomic E-state index is 0.945. The van der Waals surface area contributed by atoms with E-state index < -0.39 is 0 Å². The van der Waals surface area contributed by atoms with Gasteiger partial charge in [0.25, 0.3) is 0 Å². The van der Waals surface area contributed by atoms with Crippen molar-refractivity contribution in [3.05, 3.63) is 212 Å². The maximum atomic E-state index is 5.45. The fraction of sp³-hybridized carbons (Fsp3) is 0. The van der Waals surface area contributed by atoms with Crippen LogP contribution in [0.25, 0.3) is 77.3 Å². The van der Waals surface area contributed by atoms with Gasteiger partial charge in [0.05, 0.1) is 22.6 Å². The molecule has 0 N–H and O–H groups in total. The molecule has 258 valence electrons. The summed E-state index contributed by atoms with van der Waals surface area (Å²) in [7, 11) is 0. The van der Waals surface area contributed by atoms with Crippen LogP contribution in [0.2, 0.25) is 0 Å². The zero-order chi connectivity index (χ0) is 36.6. The summed E-state index contributed by atoms with van der Waals surface area (Å²) in [6.07, 6.45) is 0. The first kappa shape index (κ1) is 32.3. The van der Waals surface area contributed by atoms with Gasteiger partial charge in [-0.25, -0.2) is 9.97 Å². The molecule has 0 unspecified atom stereocenters. The monoisotopic (exact) mass is 701 g/mol. The minimum absolute atomic E-state index is 0.945. The van der Waals surface area contributed by atoms with Crippen molar-refractivity contribution in [3.8, 4) is 44.9 Å². The molecule has 10 aromatic rings. The lowest BCUT2D eigenvalue weighted by molar-refractivity contribution is 1.28. The van der Waals surface area contributed by atoms with Gasteiger partial charge in [-0.1, -0.05) is 158 Å². The second kappa shape index (κ2) is 13.9. The molecule has 0 aliphatic heterocycles. The molecule has 0 atom stereocenters. The van der Waals surface area contributed by atoms with Crippen molar-refractivity contribution >= 4 is 49.5 Å².